The number of halogens is 3. The molecule has 0 spiro atoms. The Balaban J connectivity index is 2.33. The molecule has 0 radical (unpaired) electrons. The number of rotatable bonds is 6. The molecule has 0 aliphatic carbocycles. The van der Waals surface area contributed by atoms with Gasteiger partial charge in [-0.25, -0.2) is 5.43 Å². The monoisotopic (exact) mass is 337 g/mol. The van der Waals surface area contributed by atoms with Crippen LogP contribution in [0.2, 0.25) is 0 Å². The largest absolute Gasteiger partial charge is 0.450 e. The van der Waals surface area contributed by atoms with Crippen LogP contribution in [0.4, 0.5) is 13.2 Å². The fraction of sp³-hybridized carbons (Fsp3) is 0.786. The number of alkyl halides is 3. The summed E-state index contributed by atoms with van der Waals surface area (Å²) in [6, 6.07) is 0. The van der Waals surface area contributed by atoms with Crippen LogP contribution in [0.1, 0.15) is 33.6 Å². The van der Waals surface area contributed by atoms with E-state index in [1.807, 2.05) is 13.8 Å². The van der Waals surface area contributed by atoms with Crippen molar-refractivity contribution in [1.29, 1.82) is 0 Å². The van der Waals surface area contributed by atoms with Crippen LogP contribution in [0.15, 0.2) is 5.10 Å². The Morgan fingerprint density at radius 2 is 1.83 bits per heavy atom. The second-order valence-corrected chi connectivity index (χ2v) is 5.75. The van der Waals surface area contributed by atoms with Crippen molar-refractivity contribution in [2.24, 2.45) is 5.10 Å². The third kappa shape index (κ3) is 7.56. The van der Waals surface area contributed by atoms with Gasteiger partial charge in [0.15, 0.2) is 0 Å². The van der Waals surface area contributed by atoms with Crippen molar-refractivity contribution in [3.63, 3.8) is 0 Å². The smallest absolute Gasteiger partial charge is 0.373 e. The molecule has 1 aliphatic heterocycles. The maximum absolute atomic E-state index is 12.1. The summed E-state index contributed by atoms with van der Waals surface area (Å²) in [5.74, 6) is -2.29. The van der Waals surface area contributed by atoms with Gasteiger partial charge in [0.1, 0.15) is 0 Å². The first-order chi connectivity index (χ1) is 10.6. The summed E-state index contributed by atoms with van der Waals surface area (Å²) in [4.78, 5) is 24.5. The summed E-state index contributed by atoms with van der Waals surface area (Å²) < 4.78 is 41.9. The minimum absolute atomic E-state index is 0.0886. The van der Waals surface area contributed by atoms with Gasteiger partial charge in [-0.05, 0) is 20.8 Å². The van der Waals surface area contributed by atoms with Gasteiger partial charge in [0.05, 0.1) is 18.6 Å². The zero-order valence-corrected chi connectivity index (χ0v) is 13.4. The molecule has 0 aromatic rings. The molecule has 0 aromatic carbocycles. The Labute approximate surface area is 133 Å². The Hall–Kier alpha value is -1.48. The number of hydrogen-bond donors (Lipinski definition) is 1. The summed E-state index contributed by atoms with van der Waals surface area (Å²) in [6.07, 6.45) is -5.39. The molecule has 132 valence electrons. The SMILES string of the molecule is CC(CC(=O)C(F)(F)F)=NNC(=O)CCN1C[C@@H](C)O[C@@H](C)C1. The topological polar surface area (TPSA) is 71.0 Å². The summed E-state index contributed by atoms with van der Waals surface area (Å²) in [7, 11) is 0. The summed E-state index contributed by atoms with van der Waals surface area (Å²) in [6.45, 7) is 7.12. The Bertz CT molecular complexity index is 456. The van der Waals surface area contributed by atoms with E-state index in [9.17, 15) is 22.8 Å². The normalized spacial score (nSPS) is 23.7. The van der Waals surface area contributed by atoms with Gasteiger partial charge in [-0.1, -0.05) is 0 Å². The zero-order chi connectivity index (χ0) is 17.6. The van der Waals surface area contributed by atoms with Gasteiger partial charge in [-0.3, -0.25) is 14.5 Å². The van der Waals surface area contributed by atoms with Gasteiger partial charge in [-0.2, -0.15) is 18.3 Å². The average Bonchev–Trinajstić information content (AvgIpc) is 2.40. The average molecular weight is 337 g/mol. The fourth-order valence-corrected chi connectivity index (χ4v) is 2.31. The highest BCUT2D eigenvalue weighted by molar-refractivity contribution is 6.03. The van der Waals surface area contributed by atoms with Crippen LogP contribution in [0.3, 0.4) is 0 Å². The van der Waals surface area contributed by atoms with Crippen LogP contribution in [-0.2, 0) is 14.3 Å². The standard InChI is InChI=1S/C14H22F3N3O3/c1-9(6-12(21)14(15,16)17)18-19-13(22)4-5-20-7-10(2)23-11(3)8-20/h10-11H,4-8H2,1-3H3,(H,19,22)/t10-,11+. The van der Waals surface area contributed by atoms with Crippen LogP contribution >= 0.6 is 0 Å². The van der Waals surface area contributed by atoms with Crippen molar-refractivity contribution < 1.29 is 27.5 Å². The van der Waals surface area contributed by atoms with Gasteiger partial charge in [0.25, 0.3) is 0 Å². The molecule has 1 saturated heterocycles. The fourth-order valence-electron chi connectivity index (χ4n) is 2.31. The van der Waals surface area contributed by atoms with E-state index in [4.69, 9.17) is 4.74 Å². The van der Waals surface area contributed by atoms with Gasteiger partial charge < -0.3 is 4.74 Å². The summed E-state index contributed by atoms with van der Waals surface area (Å²) in [5, 5.41) is 3.52. The number of hydrazone groups is 1. The van der Waals surface area contributed by atoms with E-state index in [1.165, 1.54) is 6.92 Å². The first-order valence-corrected chi connectivity index (χ1v) is 7.37. The lowest BCUT2D eigenvalue weighted by molar-refractivity contribution is -0.169. The number of carbonyl (C=O) groups excluding carboxylic acids is 2. The van der Waals surface area contributed by atoms with E-state index in [1.54, 1.807) is 0 Å². The Morgan fingerprint density at radius 3 is 2.35 bits per heavy atom. The maximum Gasteiger partial charge on any atom is 0.450 e. The number of ether oxygens (including phenoxy) is 1. The van der Waals surface area contributed by atoms with Crippen LogP contribution in [0.25, 0.3) is 0 Å². The highest BCUT2D eigenvalue weighted by Crippen LogP contribution is 2.17. The van der Waals surface area contributed by atoms with Crippen molar-refractivity contribution in [3.8, 4) is 0 Å². The van der Waals surface area contributed by atoms with E-state index in [0.29, 0.717) is 6.54 Å². The van der Waals surface area contributed by atoms with Crippen molar-refractivity contribution in [1.82, 2.24) is 10.3 Å². The van der Waals surface area contributed by atoms with E-state index in [-0.39, 0.29) is 24.3 Å². The number of ketones is 1. The third-order valence-electron chi connectivity index (χ3n) is 3.25. The molecule has 1 amide bonds. The summed E-state index contributed by atoms with van der Waals surface area (Å²) >= 11 is 0. The number of morpholine rings is 1. The molecule has 0 unspecified atom stereocenters. The minimum atomic E-state index is -4.88. The highest BCUT2D eigenvalue weighted by Gasteiger charge is 2.38. The second kappa shape index (κ2) is 8.39. The molecule has 0 bridgehead atoms. The van der Waals surface area contributed by atoms with Crippen molar-refractivity contribution in [3.05, 3.63) is 0 Å². The summed E-state index contributed by atoms with van der Waals surface area (Å²) in [5.41, 5.74) is 2.08. The predicted octanol–water partition coefficient (Wildman–Crippen LogP) is 1.50. The van der Waals surface area contributed by atoms with Gasteiger partial charge in [0.2, 0.25) is 11.7 Å². The van der Waals surface area contributed by atoms with Crippen LogP contribution in [0.5, 0.6) is 0 Å². The maximum atomic E-state index is 12.1. The molecule has 6 nitrogen and oxygen atoms in total. The molecule has 9 heteroatoms. The van der Waals surface area contributed by atoms with E-state index < -0.39 is 24.3 Å². The number of amides is 1. The van der Waals surface area contributed by atoms with Crippen molar-refractivity contribution in [2.45, 2.75) is 52.0 Å². The number of carbonyl (C=O) groups is 2. The van der Waals surface area contributed by atoms with E-state index >= 15 is 0 Å². The molecule has 23 heavy (non-hydrogen) atoms. The molecule has 0 saturated carbocycles. The van der Waals surface area contributed by atoms with Crippen LogP contribution in [0, 0.1) is 0 Å². The quantitative estimate of drug-likeness (QED) is 0.589. The van der Waals surface area contributed by atoms with E-state index in [0.717, 1.165) is 13.1 Å². The number of nitrogens with one attached hydrogen (secondary N) is 1. The predicted molar refractivity (Wildman–Crippen MR) is 78.0 cm³/mol. The first-order valence-electron chi connectivity index (χ1n) is 7.37. The Morgan fingerprint density at radius 1 is 1.26 bits per heavy atom. The second-order valence-electron chi connectivity index (χ2n) is 5.75. The van der Waals surface area contributed by atoms with Crippen LogP contribution < -0.4 is 5.43 Å². The lowest BCUT2D eigenvalue weighted by Gasteiger charge is -2.35. The molecule has 1 aliphatic rings. The first kappa shape index (κ1) is 19.6. The highest BCUT2D eigenvalue weighted by atomic mass is 19.4. The lowest BCUT2D eigenvalue weighted by atomic mass is 10.2. The molecule has 1 heterocycles. The van der Waals surface area contributed by atoms with Gasteiger partial charge in [-0.15, -0.1) is 0 Å². The molecule has 1 N–H and O–H groups in total. The molecule has 1 fully saturated rings. The number of nitrogens with zero attached hydrogens (tertiary/aromatic N) is 2. The van der Waals surface area contributed by atoms with Crippen molar-refractivity contribution >= 4 is 17.4 Å². The number of hydrogen-bond acceptors (Lipinski definition) is 5. The molecular formula is C14H22F3N3O3. The van der Waals surface area contributed by atoms with E-state index in [2.05, 4.69) is 15.4 Å². The lowest BCUT2D eigenvalue weighted by Crippen LogP contribution is -2.46. The van der Waals surface area contributed by atoms with Crippen LogP contribution in [-0.4, -0.2) is 60.3 Å². The Kier molecular flexibility index (Phi) is 7.14. The van der Waals surface area contributed by atoms with Gasteiger partial charge >= 0.3 is 6.18 Å². The van der Waals surface area contributed by atoms with Crippen molar-refractivity contribution in [2.75, 3.05) is 19.6 Å². The molecule has 1 rings (SSSR count). The molecule has 2 atom stereocenters. The molecule has 0 aromatic heterocycles. The number of Topliss-reactive ketones (excluding diaryl/α,β-unsaturated/α-hetero) is 1. The third-order valence-corrected chi connectivity index (χ3v) is 3.25. The minimum Gasteiger partial charge on any atom is -0.373 e. The van der Waals surface area contributed by atoms with Gasteiger partial charge in [0, 0.05) is 31.8 Å². The molecular weight excluding hydrogens is 315 g/mol. The zero-order valence-electron chi connectivity index (χ0n) is 13.4.